The number of sulfonamides is 1. The molecule has 1 unspecified atom stereocenters. The van der Waals surface area contributed by atoms with Crippen LogP contribution in [0.5, 0.6) is 0 Å². The van der Waals surface area contributed by atoms with Crippen LogP contribution in [0.25, 0.3) is 10.9 Å². The Labute approximate surface area is 239 Å². The number of aliphatic hydroxyl groups is 1. The lowest BCUT2D eigenvalue weighted by Gasteiger charge is -2.35. The third kappa shape index (κ3) is 5.72. The van der Waals surface area contributed by atoms with E-state index >= 15 is 0 Å². The number of carbonyl (C=O) groups excluding carboxylic acids is 1. The SMILES string of the molecule is Cn1ccc2cc(C(=O)Nc3ccc(NS(=O)(=O)CCO)cc3N3CCC4(CC3)CC4)nc(N3CCC(C)(F)C3)c21. The van der Waals surface area contributed by atoms with Gasteiger partial charge in [-0.05, 0) is 68.4 Å². The second-order valence-corrected chi connectivity index (χ2v) is 13.9. The van der Waals surface area contributed by atoms with E-state index in [0.29, 0.717) is 35.6 Å². The molecule has 1 atom stereocenters. The van der Waals surface area contributed by atoms with Crippen LogP contribution in [0.3, 0.4) is 0 Å². The van der Waals surface area contributed by atoms with Gasteiger partial charge < -0.3 is 24.8 Å². The van der Waals surface area contributed by atoms with Crippen molar-refractivity contribution in [2.24, 2.45) is 12.5 Å². The number of anilines is 4. The number of carbonyl (C=O) groups is 1. The summed E-state index contributed by atoms with van der Waals surface area (Å²) in [6.07, 6.45) is 6.91. The molecule has 41 heavy (non-hydrogen) atoms. The maximum absolute atomic E-state index is 14.8. The molecule has 1 spiro atoms. The number of hydrogen-bond donors (Lipinski definition) is 3. The Morgan fingerprint density at radius 1 is 1.07 bits per heavy atom. The topological polar surface area (TPSA) is 120 Å². The number of hydrogen-bond acceptors (Lipinski definition) is 7. The maximum atomic E-state index is 14.8. The van der Waals surface area contributed by atoms with Gasteiger partial charge in [0.05, 0.1) is 41.5 Å². The van der Waals surface area contributed by atoms with Crippen LogP contribution in [0.2, 0.25) is 0 Å². The highest BCUT2D eigenvalue weighted by Gasteiger charge is 2.44. The Balaban J connectivity index is 1.32. The van der Waals surface area contributed by atoms with Crippen molar-refractivity contribution in [1.29, 1.82) is 0 Å². The molecule has 6 rings (SSSR count). The zero-order chi connectivity index (χ0) is 29.0. The first kappa shape index (κ1) is 27.8. The van der Waals surface area contributed by atoms with Gasteiger partial charge in [-0.15, -0.1) is 0 Å². The van der Waals surface area contributed by atoms with E-state index in [0.717, 1.165) is 42.5 Å². The molecule has 3 aromatic rings. The van der Waals surface area contributed by atoms with Crippen molar-refractivity contribution in [3.8, 4) is 0 Å². The molecule has 1 aliphatic carbocycles. The Morgan fingerprint density at radius 3 is 2.46 bits per heavy atom. The van der Waals surface area contributed by atoms with Gasteiger partial charge in [-0.2, -0.15) is 0 Å². The van der Waals surface area contributed by atoms with Gasteiger partial charge in [-0.25, -0.2) is 17.8 Å². The summed E-state index contributed by atoms with van der Waals surface area (Å²) in [7, 11) is -1.80. The largest absolute Gasteiger partial charge is 0.395 e. The Morgan fingerprint density at radius 2 is 1.80 bits per heavy atom. The Bertz CT molecular complexity index is 1590. The molecular formula is C29H37FN6O4S. The number of rotatable bonds is 8. The molecular weight excluding hydrogens is 547 g/mol. The molecule has 2 aliphatic heterocycles. The van der Waals surface area contributed by atoms with E-state index in [1.54, 1.807) is 31.2 Å². The lowest BCUT2D eigenvalue weighted by atomic mass is 9.93. The van der Waals surface area contributed by atoms with Crippen molar-refractivity contribution in [3.63, 3.8) is 0 Å². The van der Waals surface area contributed by atoms with Gasteiger partial charge in [-0.1, -0.05) is 0 Å². The van der Waals surface area contributed by atoms with E-state index in [1.807, 2.05) is 28.8 Å². The highest BCUT2D eigenvalue weighted by Crippen LogP contribution is 2.54. The lowest BCUT2D eigenvalue weighted by Crippen LogP contribution is -2.35. The third-order valence-corrected chi connectivity index (χ3v) is 10.1. The summed E-state index contributed by atoms with van der Waals surface area (Å²) >= 11 is 0. The van der Waals surface area contributed by atoms with E-state index in [9.17, 15) is 17.6 Å². The summed E-state index contributed by atoms with van der Waals surface area (Å²) in [4.78, 5) is 22.5. The molecule has 1 amide bonds. The number of aliphatic hydroxyl groups excluding tert-OH is 1. The van der Waals surface area contributed by atoms with Crippen molar-refractivity contribution in [2.75, 3.05) is 58.4 Å². The maximum Gasteiger partial charge on any atom is 0.274 e. The number of nitrogens with one attached hydrogen (secondary N) is 2. The summed E-state index contributed by atoms with van der Waals surface area (Å²) in [5, 5.41) is 13.0. The zero-order valence-corrected chi connectivity index (χ0v) is 24.3. The fourth-order valence-corrected chi connectivity index (χ4v) is 6.97. The second-order valence-electron chi connectivity index (χ2n) is 12.1. The molecule has 1 saturated carbocycles. The number of nitrogens with zero attached hydrogens (tertiary/aromatic N) is 4. The van der Waals surface area contributed by atoms with Crippen LogP contribution in [0.15, 0.2) is 36.5 Å². The number of aromatic nitrogens is 2. The van der Waals surface area contributed by atoms with Gasteiger partial charge in [0.2, 0.25) is 10.0 Å². The normalized spacial score (nSPS) is 22.0. The fraction of sp³-hybridized carbons (Fsp3) is 0.517. The number of halogens is 1. The zero-order valence-electron chi connectivity index (χ0n) is 23.5. The summed E-state index contributed by atoms with van der Waals surface area (Å²) in [5.41, 5.74) is 1.85. The molecule has 3 aliphatic rings. The van der Waals surface area contributed by atoms with Crippen molar-refractivity contribution in [3.05, 3.63) is 42.2 Å². The van der Waals surface area contributed by atoms with E-state index in [-0.39, 0.29) is 12.2 Å². The molecule has 2 aromatic heterocycles. The fourth-order valence-electron chi connectivity index (χ4n) is 6.14. The van der Waals surface area contributed by atoms with Gasteiger partial charge in [0.1, 0.15) is 11.4 Å². The Hall–Kier alpha value is -3.38. The highest BCUT2D eigenvalue weighted by molar-refractivity contribution is 7.92. The molecule has 4 heterocycles. The number of benzene rings is 1. The van der Waals surface area contributed by atoms with Crippen LogP contribution in [0, 0.1) is 5.41 Å². The van der Waals surface area contributed by atoms with Crippen molar-refractivity contribution < 1.29 is 22.7 Å². The minimum absolute atomic E-state index is 0.208. The summed E-state index contributed by atoms with van der Waals surface area (Å²) < 4.78 is 43.9. The lowest BCUT2D eigenvalue weighted by molar-refractivity contribution is 0.102. The standard InChI is InChI=1S/C29H37FN6O4S/c1-28(30)8-12-36(19-28)26-25-20(5-11-34(25)2)17-23(31-26)27(38)32-22-4-3-21(33-41(39,40)16-15-37)18-24(22)35-13-9-29(6-7-29)10-14-35/h3-5,11,17-18,33,37H,6-10,12-16,19H2,1-2H3,(H,32,38). The van der Waals surface area contributed by atoms with Crippen LogP contribution in [0.1, 0.15) is 49.5 Å². The van der Waals surface area contributed by atoms with Gasteiger partial charge >= 0.3 is 0 Å². The average Bonchev–Trinajstić information content (AvgIpc) is 3.41. The summed E-state index contributed by atoms with van der Waals surface area (Å²) in [5.74, 6) is -0.215. The molecule has 1 aromatic carbocycles. The van der Waals surface area contributed by atoms with Gasteiger partial charge in [0.25, 0.3) is 5.91 Å². The predicted octanol–water partition coefficient (Wildman–Crippen LogP) is 3.88. The van der Waals surface area contributed by atoms with E-state index in [2.05, 4.69) is 14.9 Å². The van der Waals surface area contributed by atoms with Gasteiger partial charge in [0.15, 0.2) is 5.82 Å². The van der Waals surface area contributed by atoms with E-state index in [4.69, 9.17) is 10.1 Å². The number of piperidine rings is 1. The predicted molar refractivity (Wildman–Crippen MR) is 159 cm³/mol. The van der Waals surface area contributed by atoms with Crippen LogP contribution in [-0.4, -0.2) is 73.2 Å². The number of amides is 1. The first-order valence-corrected chi connectivity index (χ1v) is 15.8. The minimum atomic E-state index is -3.71. The number of alkyl halides is 1. The first-order chi connectivity index (χ1) is 19.5. The molecule has 0 radical (unpaired) electrons. The number of aryl methyl sites for hydroxylation is 1. The molecule has 220 valence electrons. The minimum Gasteiger partial charge on any atom is -0.395 e. The summed E-state index contributed by atoms with van der Waals surface area (Å²) in [6, 6.07) is 8.70. The van der Waals surface area contributed by atoms with Crippen LogP contribution in [0.4, 0.5) is 27.3 Å². The quantitative estimate of drug-likeness (QED) is 0.368. The Kier molecular flexibility index (Phi) is 6.88. The average molecular weight is 585 g/mol. The van der Waals surface area contributed by atoms with Gasteiger partial charge in [-0.3, -0.25) is 9.52 Å². The number of pyridine rings is 1. The van der Waals surface area contributed by atoms with Gasteiger partial charge in [0, 0.05) is 44.7 Å². The molecule has 3 N–H and O–H groups in total. The van der Waals surface area contributed by atoms with E-state index < -0.39 is 34.0 Å². The second kappa shape index (κ2) is 10.2. The smallest absolute Gasteiger partial charge is 0.274 e. The molecule has 12 heteroatoms. The van der Waals surface area contributed by atoms with E-state index in [1.165, 1.54) is 12.8 Å². The van der Waals surface area contributed by atoms with Crippen molar-refractivity contribution in [1.82, 2.24) is 9.55 Å². The molecule has 10 nitrogen and oxygen atoms in total. The summed E-state index contributed by atoms with van der Waals surface area (Å²) in [6.45, 7) is 3.45. The number of fused-ring (bicyclic) bond motifs is 1. The van der Waals surface area contributed by atoms with Crippen LogP contribution >= 0.6 is 0 Å². The van der Waals surface area contributed by atoms with Crippen molar-refractivity contribution >= 4 is 49.7 Å². The molecule has 3 fully saturated rings. The highest BCUT2D eigenvalue weighted by atomic mass is 32.2. The third-order valence-electron chi connectivity index (χ3n) is 8.79. The van der Waals surface area contributed by atoms with Crippen LogP contribution < -0.4 is 19.8 Å². The van der Waals surface area contributed by atoms with Crippen molar-refractivity contribution in [2.45, 2.75) is 44.7 Å². The monoisotopic (exact) mass is 584 g/mol. The first-order valence-electron chi connectivity index (χ1n) is 14.2. The molecule has 0 bridgehead atoms. The van der Waals surface area contributed by atoms with Crippen LogP contribution in [-0.2, 0) is 17.1 Å². The molecule has 2 saturated heterocycles.